The van der Waals surface area contributed by atoms with Gasteiger partial charge in [0.1, 0.15) is 17.7 Å². The zero-order valence-electron chi connectivity index (χ0n) is 19.5. The molecule has 0 bridgehead atoms. The Kier molecular flexibility index (Phi) is 5.79. The maximum absolute atomic E-state index is 11.2. The van der Waals surface area contributed by atoms with Crippen molar-refractivity contribution in [3.05, 3.63) is 101 Å². The number of benzene rings is 2. The van der Waals surface area contributed by atoms with Gasteiger partial charge in [0.25, 0.3) is 0 Å². The van der Waals surface area contributed by atoms with Crippen molar-refractivity contribution >= 4 is 11.5 Å². The first-order valence-electron chi connectivity index (χ1n) is 11.6. The Morgan fingerprint density at radius 3 is 2.52 bits per heavy atom. The third-order valence-electron chi connectivity index (χ3n) is 6.51. The molecule has 0 saturated carbocycles. The fraction of sp³-hybridized carbons (Fsp3) is 0.321. The van der Waals surface area contributed by atoms with E-state index in [9.17, 15) is 5.11 Å². The quantitative estimate of drug-likeness (QED) is 0.710. The number of nitrogens with zero attached hydrogens (tertiary/aromatic N) is 2. The van der Waals surface area contributed by atoms with E-state index in [2.05, 4.69) is 60.9 Å². The molecule has 170 valence electrons. The predicted octanol–water partition coefficient (Wildman–Crippen LogP) is 4.63. The summed E-state index contributed by atoms with van der Waals surface area (Å²) in [5, 5.41) is 13.1. The molecule has 0 spiro atoms. The van der Waals surface area contributed by atoms with Gasteiger partial charge in [-0.3, -0.25) is 10.4 Å². The second-order valence-corrected chi connectivity index (χ2v) is 9.48. The lowest BCUT2D eigenvalue weighted by Crippen LogP contribution is -2.64. The van der Waals surface area contributed by atoms with Gasteiger partial charge in [0, 0.05) is 29.8 Å². The molecule has 5 rings (SSSR count). The molecule has 5 heteroatoms. The molecule has 33 heavy (non-hydrogen) atoms. The van der Waals surface area contributed by atoms with Crippen molar-refractivity contribution in [1.29, 1.82) is 0 Å². The number of fused-ring (bicyclic) bond motifs is 2. The van der Waals surface area contributed by atoms with Gasteiger partial charge < -0.3 is 9.84 Å². The standard InChI is InChI=1S/C28H31N3O2/c1-19-16-22-17-23-24(18-25(22)33-26(19)21-12-8-5-9-13-21)31(27(32)28(2,3)30-23)29-15-14-20-10-6-4-7-11-20/h4-13,16,18,24,27,29,32H,14-15,17H2,1-3H3/t24?,27-/m1/s1. The van der Waals surface area contributed by atoms with E-state index in [-0.39, 0.29) is 6.04 Å². The molecule has 2 atom stereocenters. The number of aliphatic hydroxyl groups is 1. The summed E-state index contributed by atoms with van der Waals surface area (Å²) >= 11 is 0. The van der Waals surface area contributed by atoms with Crippen LogP contribution in [-0.2, 0) is 11.2 Å². The average Bonchev–Trinajstić information content (AvgIpc) is 2.81. The Morgan fingerprint density at radius 2 is 1.79 bits per heavy atom. The van der Waals surface area contributed by atoms with Crippen molar-refractivity contribution in [3.8, 4) is 0 Å². The first-order valence-corrected chi connectivity index (χ1v) is 11.6. The highest BCUT2D eigenvalue weighted by Crippen LogP contribution is 2.39. The smallest absolute Gasteiger partial charge is 0.145 e. The number of rotatable bonds is 5. The van der Waals surface area contributed by atoms with Crippen LogP contribution in [0.4, 0.5) is 0 Å². The lowest BCUT2D eigenvalue weighted by atomic mass is 9.86. The summed E-state index contributed by atoms with van der Waals surface area (Å²) in [6, 6.07) is 20.4. The second kappa shape index (κ2) is 8.75. The fourth-order valence-electron chi connectivity index (χ4n) is 4.77. The number of nitrogens with one attached hydrogen (secondary N) is 1. The van der Waals surface area contributed by atoms with Gasteiger partial charge in [-0.15, -0.1) is 0 Å². The summed E-state index contributed by atoms with van der Waals surface area (Å²) in [5.74, 6) is 1.73. The molecule has 2 aromatic rings. The van der Waals surface area contributed by atoms with E-state index < -0.39 is 11.8 Å². The van der Waals surface area contributed by atoms with E-state index in [0.717, 1.165) is 46.9 Å². The molecule has 2 N–H and O–H groups in total. The second-order valence-electron chi connectivity index (χ2n) is 9.48. The zero-order valence-corrected chi connectivity index (χ0v) is 19.5. The highest BCUT2D eigenvalue weighted by Gasteiger charge is 2.44. The van der Waals surface area contributed by atoms with Crippen LogP contribution in [0.2, 0.25) is 0 Å². The Balaban J connectivity index is 1.42. The van der Waals surface area contributed by atoms with Gasteiger partial charge >= 0.3 is 0 Å². The lowest BCUT2D eigenvalue weighted by Gasteiger charge is -2.47. The molecule has 3 aliphatic rings. The molecule has 0 radical (unpaired) electrons. The Morgan fingerprint density at radius 1 is 1.09 bits per heavy atom. The summed E-state index contributed by atoms with van der Waals surface area (Å²) in [7, 11) is 0. The van der Waals surface area contributed by atoms with Crippen molar-refractivity contribution in [2.45, 2.75) is 51.4 Å². The Labute approximate surface area is 195 Å². The van der Waals surface area contributed by atoms with Crippen LogP contribution in [-0.4, -0.2) is 40.2 Å². The minimum absolute atomic E-state index is 0.161. The van der Waals surface area contributed by atoms with Gasteiger partial charge in [0.15, 0.2) is 0 Å². The van der Waals surface area contributed by atoms with Gasteiger partial charge in [-0.1, -0.05) is 60.7 Å². The molecule has 2 heterocycles. The van der Waals surface area contributed by atoms with Crippen LogP contribution >= 0.6 is 0 Å². The maximum Gasteiger partial charge on any atom is 0.145 e. The normalized spacial score (nSPS) is 24.2. The third kappa shape index (κ3) is 4.32. The van der Waals surface area contributed by atoms with Gasteiger partial charge in [0.05, 0.1) is 11.6 Å². The number of allylic oxidation sites excluding steroid dienone is 3. The van der Waals surface area contributed by atoms with Gasteiger partial charge in [-0.2, -0.15) is 0 Å². The van der Waals surface area contributed by atoms with Gasteiger partial charge in [-0.25, -0.2) is 5.01 Å². The van der Waals surface area contributed by atoms with Crippen molar-refractivity contribution in [1.82, 2.24) is 10.4 Å². The number of hydrogen-bond acceptors (Lipinski definition) is 5. The first kappa shape index (κ1) is 21.8. The minimum Gasteiger partial charge on any atom is -0.456 e. The van der Waals surface area contributed by atoms with Crippen LogP contribution in [0.3, 0.4) is 0 Å². The molecule has 1 unspecified atom stereocenters. The van der Waals surface area contributed by atoms with Crippen LogP contribution in [0.25, 0.3) is 5.76 Å². The molecule has 0 aromatic heterocycles. The van der Waals surface area contributed by atoms with Gasteiger partial charge in [-0.05, 0) is 50.5 Å². The monoisotopic (exact) mass is 441 g/mol. The summed E-state index contributed by atoms with van der Waals surface area (Å²) in [6.07, 6.45) is 5.14. The number of aliphatic imine (C=N–C) groups is 1. The minimum atomic E-state index is -0.751. The zero-order chi connectivity index (χ0) is 23.0. The van der Waals surface area contributed by atoms with Crippen LogP contribution in [0.1, 0.15) is 38.3 Å². The van der Waals surface area contributed by atoms with Crippen molar-refractivity contribution < 1.29 is 9.84 Å². The van der Waals surface area contributed by atoms with Crippen molar-refractivity contribution in [3.63, 3.8) is 0 Å². The van der Waals surface area contributed by atoms with Crippen molar-refractivity contribution in [2.24, 2.45) is 4.99 Å². The number of hydrazine groups is 1. The van der Waals surface area contributed by atoms with E-state index >= 15 is 0 Å². The molecule has 2 aromatic carbocycles. The molecule has 0 amide bonds. The highest BCUT2D eigenvalue weighted by atomic mass is 16.5. The summed E-state index contributed by atoms with van der Waals surface area (Å²) in [6.45, 7) is 6.78. The van der Waals surface area contributed by atoms with E-state index in [1.807, 2.05) is 43.1 Å². The molecule has 1 aliphatic carbocycles. The van der Waals surface area contributed by atoms with Crippen LogP contribution in [0.5, 0.6) is 0 Å². The number of ether oxygens (including phenoxy) is 1. The van der Waals surface area contributed by atoms with E-state index in [1.165, 1.54) is 5.56 Å². The van der Waals surface area contributed by atoms with E-state index in [0.29, 0.717) is 6.42 Å². The average molecular weight is 442 g/mol. The van der Waals surface area contributed by atoms with Crippen LogP contribution < -0.4 is 5.43 Å². The van der Waals surface area contributed by atoms with Crippen LogP contribution in [0.15, 0.2) is 94.7 Å². The molecular formula is C28H31N3O2. The molecular weight excluding hydrogens is 410 g/mol. The molecule has 5 nitrogen and oxygen atoms in total. The fourth-order valence-corrected chi connectivity index (χ4v) is 4.77. The van der Waals surface area contributed by atoms with E-state index in [4.69, 9.17) is 9.73 Å². The largest absolute Gasteiger partial charge is 0.456 e. The molecule has 0 saturated heterocycles. The van der Waals surface area contributed by atoms with Gasteiger partial charge in [0.2, 0.25) is 0 Å². The Hall–Kier alpha value is -2.99. The Bertz CT molecular complexity index is 1150. The lowest BCUT2D eigenvalue weighted by molar-refractivity contribution is -0.0831. The first-order chi connectivity index (χ1) is 15.9. The predicted molar refractivity (Wildman–Crippen MR) is 132 cm³/mol. The SMILES string of the molecule is CC1=C(c2ccccc2)OC2=CC3C(=NC(C)(C)[C@@H](O)N3NCCc3ccccc3)CC2=C1. The summed E-state index contributed by atoms with van der Waals surface area (Å²) in [4.78, 5) is 4.95. The number of hydrogen-bond donors (Lipinski definition) is 2. The van der Waals surface area contributed by atoms with E-state index in [1.54, 1.807) is 0 Å². The topological polar surface area (TPSA) is 57.1 Å². The molecule has 2 aliphatic heterocycles. The maximum atomic E-state index is 11.2. The van der Waals surface area contributed by atoms with Crippen molar-refractivity contribution in [2.75, 3.05) is 6.54 Å². The highest BCUT2D eigenvalue weighted by molar-refractivity contribution is 5.97. The third-order valence-corrected chi connectivity index (χ3v) is 6.51. The van der Waals surface area contributed by atoms with Crippen LogP contribution in [0, 0.1) is 0 Å². The summed E-state index contributed by atoms with van der Waals surface area (Å²) in [5.41, 5.74) is 8.51. The molecule has 0 fully saturated rings. The summed E-state index contributed by atoms with van der Waals surface area (Å²) < 4.78 is 6.43. The number of aliphatic hydroxyl groups excluding tert-OH is 1.